The molecule has 1 aliphatic rings. The Bertz CT molecular complexity index is 160. The predicted molar refractivity (Wildman–Crippen MR) is 28.9 cm³/mol. The van der Waals surface area contributed by atoms with Gasteiger partial charge in [0.25, 0.3) is 5.92 Å². The Labute approximate surface area is 56.0 Å². The van der Waals surface area contributed by atoms with Crippen molar-refractivity contribution < 1.29 is 18.7 Å². The number of carbonyl (C=O) groups is 1. The third-order valence-corrected chi connectivity index (χ3v) is 1.52. The van der Waals surface area contributed by atoms with Crippen molar-refractivity contribution in [3.63, 3.8) is 0 Å². The molecule has 1 aliphatic heterocycles. The Balaban J connectivity index is 2.68. The summed E-state index contributed by atoms with van der Waals surface area (Å²) in [5.74, 6) is -6.06. The maximum atomic E-state index is 12.4. The van der Waals surface area contributed by atoms with E-state index in [1.807, 2.05) is 0 Å². The van der Waals surface area contributed by atoms with Crippen LogP contribution in [0, 0.1) is 5.92 Å². The van der Waals surface area contributed by atoms with Gasteiger partial charge in [0.2, 0.25) is 0 Å². The van der Waals surface area contributed by atoms with Gasteiger partial charge in [-0.05, 0) is 0 Å². The van der Waals surface area contributed by atoms with Crippen LogP contribution in [-0.2, 0) is 4.79 Å². The van der Waals surface area contributed by atoms with Crippen LogP contribution >= 0.6 is 0 Å². The molecule has 0 aromatic carbocycles. The lowest BCUT2D eigenvalue weighted by molar-refractivity contribution is -0.151. The molecule has 0 amide bonds. The zero-order valence-electron chi connectivity index (χ0n) is 5.10. The topological polar surface area (TPSA) is 49.3 Å². The Kier molecular flexibility index (Phi) is 1.60. The maximum absolute atomic E-state index is 12.4. The van der Waals surface area contributed by atoms with Crippen molar-refractivity contribution in [3.05, 3.63) is 0 Å². The molecule has 0 aromatic rings. The van der Waals surface area contributed by atoms with Gasteiger partial charge in [0, 0.05) is 6.54 Å². The molecule has 1 heterocycles. The molecule has 1 rings (SSSR count). The van der Waals surface area contributed by atoms with E-state index in [-0.39, 0.29) is 6.54 Å². The van der Waals surface area contributed by atoms with Crippen LogP contribution in [0.15, 0.2) is 0 Å². The molecule has 0 radical (unpaired) electrons. The van der Waals surface area contributed by atoms with E-state index in [0.29, 0.717) is 0 Å². The first-order valence-electron chi connectivity index (χ1n) is 2.85. The highest BCUT2D eigenvalue weighted by Crippen LogP contribution is 2.27. The summed E-state index contributed by atoms with van der Waals surface area (Å²) in [5.41, 5.74) is 0. The first-order valence-corrected chi connectivity index (χ1v) is 2.85. The predicted octanol–water partition coefficient (Wildman–Crippen LogP) is -0.0743. The third-order valence-electron chi connectivity index (χ3n) is 1.52. The van der Waals surface area contributed by atoms with Gasteiger partial charge in [-0.15, -0.1) is 0 Å². The molecular weight excluding hydrogens is 144 g/mol. The molecule has 1 fully saturated rings. The van der Waals surface area contributed by atoms with Crippen LogP contribution < -0.4 is 5.32 Å². The van der Waals surface area contributed by atoms with Crippen LogP contribution in [0.3, 0.4) is 0 Å². The van der Waals surface area contributed by atoms with Crippen LogP contribution in [0.2, 0.25) is 0 Å². The minimum absolute atomic E-state index is 0.137. The van der Waals surface area contributed by atoms with E-state index in [1.54, 1.807) is 0 Å². The van der Waals surface area contributed by atoms with Crippen LogP contribution in [-0.4, -0.2) is 30.1 Å². The molecule has 2 N–H and O–H groups in total. The number of hydrogen-bond donors (Lipinski definition) is 2. The van der Waals surface area contributed by atoms with Gasteiger partial charge in [0.05, 0.1) is 6.54 Å². The van der Waals surface area contributed by atoms with E-state index in [2.05, 4.69) is 5.32 Å². The Morgan fingerprint density at radius 1 is 1.70 bits per heavy atom. The van der Waals surface area contributed by atoms with Crippen LogP contribution in [0.4, 0.5) is 8.78 Å². The van der Waals surface area contributed by atoms with Crippen molar-refractivity contribution in [2.45, 2.75) is 5.92 Å². The van der Waals surface area contributed by atoms with Gasteiger partial charge in [0.1, 0.15) is 5.92 Å². The molecule has 1 saturated heterocycles. The zero-order valence-corrected chi connectivity index (χ0v) is 5.10. The molecule has 0 aliphatic carbocycles. The Hall–Kier alpha value is -0.710. The summed E-state index contributed by atoms with van der Waals surface area (Å²) in [6.45, 7) is -0.660. The van der Waals surface area contributed by atoms with Crippen molar-refractivity contribution in [1.29, 1.82) is 0 Å². The number of carboxylic acid groups (broad SMARTS) is 1. The Morgan fingerprint density at radius 3 is 2.50 bits per heavy atom. The normalized spacial score (nSPS) is 30.4. The SMILES string of the molecule is O=C(O)C1CNCC1(F)F. The van der Waals surface area contributed by atoms with Gasteiger partial charge >= 0.3 is 5.97 Å². The quantitative estimate of drug-likeness (QED) is 0.551. The minimum atomic E-state index is -3.08. The van der Waals surface area contributed by atoms with Crippen molar-refractivity contribution >= 4 is 5.97 Å². The fraction of sp³-hybridized carbons (Fsp3) is 0.800. The summed E-state index contributed by atoms with van der Waals surface area (Å²) >= 11 is 0. The lowest BCUT2D eigenvalue weighted by Crippen LogP contribution is -2.32. The lowest BCUT2D eigenvalue weighted by Gasteiger charge is -2.11. The number of nitrogens with one attached hydrogen (secondary N) is 1. The molecular formula is C5H7F2NO2. The molecule has 10 heavy (non-hydrogen) atoms. The highest BCUT2D eigenvalue weighted by atomic mass is 19.3. The smallest absolute Gasteiger partial charge is 0.314 e. The second kappa shape index (κ2) is 2.16. The van der Waals surface area contributed by atoms with Crippen LogP contribution in [0.25, 0.3) is 0 Å². The fourth-order valence-corrected chi connectivity index (χ4v) is 0.924. The first-order chi connectivity index (χ1) is 4.54. The number of hydrogen-bond acceptors (Lipinski definition) is 2. The maximum Gasteiger partial charge on any atom is 0.314 e. The molecule has 1 unspecified atom stereocenters. The lowest BCUT2D eigenvalue weighted by atomic mass is 10.1. The Morgan fingerprint density at radius 2 is 2.30 bits per heavy atom. The van der Waals surface area contributed by atoms with Gasteiger partial charge in [-0.25, -0.2) is 8.78 Å². The second-order valence-electron chi connectivity index (χ2n) is 2.28. The van der Waals surface area contributed by atoms with Gasteiger partial charge in [-0.1, -0.05) is 0 Å². The molecule has 3 nitrogen and oxygen atoms in total. The number of carboxylic acids is 1. The summed E-state index contributed by atoms with van der Waals surface area (Å²) in [5, 5.41) is 10.5. The number of halogens is 2. The molecule has 58 valence electrons. The molecule has 0 aromatic heterocycles. The average molecular weight is 151 g/mol. The standard InChI is InChI=1S/C5H7F2NO2/c6-5(7)2-8-1-3(5)4(9)10/h3,8H,1-2H2,(H,9,10). The van der Waals surface area contributed by atoms with Gasteiger partial charge in [-0.2, -0.15) is 0 Å². The zero-order chi connectivity index (χ0) is 7.78. The summed E-state index contributed by atoms with van der Waals surface area (Å²) in [6, 6.07) is 0. The average Bonchev–Trinajstić information content (AvgIpc) is 2.08. The van der Waals surface area contributed by atoms with Crippen molar-refractivity contribution in [1.82, 2.24) is 5.32 Å². The van der Waals surface area contributed by atoms with Gasteiger partial charge in [-0.3, -0.25) is 4.79 Å². The van der Waals surface area contributed by atoms with E-state index in [1.165, 1.54) is 0 Å². The largest absolute Gasteiger partial charge is 0.481 e. The third kappa shape index (κ3) is 1.09. The van der Waals surface area contributed by atoms with E-state index in [0.717, 1.165) is 0 Å². The van der Waals surface area contributed by atoms with Gasteiger partial charge < -0.3 is 10.4 Å². The van der Waals surface area contributed by atoms with E-state index in [9.17, 15) is 13.6 Å². The van der Waals surface area contributed by atoms with E-state index < -0.39 is 24.4 Å². The van der Waals surface area contributed by atoms with Crippen molar-refractivity contribution in [3.8, 4) is 0 Å². The fourth-order valence-electron chi connectivity index (χ4n) is 0.924. The molecule has 1 atom stereocenters. The number of rotatable bonds is 1. The monoisotopic (exact) mass is 151 g/mol. The van der Waals surface area contributed by atoms with Crippen LogP contribution in [0.1, 0.15) is 0 Å². The minimum Gasteiger partial charge on any atom is -0.481 e. The molecule has 0 spiro atoms. The van der Waals surface area contributed by atoms with Crippen molar-refractivity contribution in [2.24, 2.45) is 5.92 Å². The summed E-state index contributed by atoms with van der Waals surface area (Å²) < 4.78 is 24.8. The van der Waals surface area contributed by atoms with Gasteiger partial charge in [0.15, 0.2) is 0 Å². The van der Waals surface area contributed by atoms with E-state index in [4.69, 9.17) is 5.11 Å². The summed E-state index contributed by atoms with van der Waals surface area (Å²) in [4.78, 5) is 10.1. The highest BCUT2D eigenvalue weighted by molar-refractivity contribution is 5.72. The number of aliphatic carboxylic acids is 1. The summed E-state index contributed by atoms with van der Waals surface area (Å²) in [6.07, 6.45) is 0. The molecule has 0 bridgehead atoms. The number of alkyl halides is 2. The highest BCUT2D eigenvalue weighted by Gasteiger charge is 2.48. The first kappa shape index (κ1) is 7.40. The molecule has 5 heteroatoms. The molecule has 0 saturated carbocycles. The second-order valence-corrected chi connectivity index (χ2v) is 2.28. The van der Waals surface area contributed by atoms with E-state index >= 15 is 0 Å². The van der Waals surface area contributed by atoms with Crippen LogP contribution in [0.5, 0.6) is 0 Å². The summed E-state index contributed by atoms with van der Waals surface area (Å²) in [7, 11) is 0. The van der Waals surface area contributed by atoms with Crippen molar-refractivity contribution in [2.75, 3.05) is 13.1 Å².